The first kappa shape index (κ1) is 66.1. The molecule has 71 heavy (non-hydrogen) atoms. The van der Waals surface area contributed by atoms with Crippen LogP contribution >= 0.6 is 7.82 Å². The average molecular weight is 1010 g/mol. The van der Waals surface area contributed by atoms with Crippen LogP contribution in [0.4, 0.5) is 0 Å². The lowest BCUT2D eigenvalue weighted by Gasteiger charge is -2.41. The normalized spacial score (nSPS) is 21.8. The van der Waals surface area contributed by atoms with Gasteiger partial charge in [0.25, 0.3) is 7.82 Å². The minimum absolute atomic E-state index is 0.269. The van der Waals surface area contributed by atoms with Gasteiger partial charge in [0.1, 0.15) is 24.4 Å². The van der Waals surface area contributed by atoms with Crippen molar-refractivity contribution in [2.45, 2.75) is 242 Å². The number of allylic oxidation sites excluding steroid dienone is 21. The van der Waals surface area contributed by atoms with Crippen molar-refractivity contribution in [3.63, 3.8) is 0 Å². The van der Waals surface area contributed by atoms with E-state index in [-0.39, 0.29) is 6.61 Å². The van der Waals surface area contributed by atoms with Gasteiger partial charge in [-0.2, -0.15) is 0 Å². The predicted octanol–water partition coefficient (Wildman–Crippen LogP) is 15.5. The molecule has 0 aliphatic carbocycles. The highest BCUT2D eigenvalue weighted by Gasteiger charge is 2.45. The Hall–Kier alpha value is -2.95. The van der Waals surface area contributed by atoms with Crippen molar-refractivity contribution in [1.82, 2.24) is 0 Å². The SMILES string of the molecule is CC(C)=CCC/C(C)=C/CC/C(C)=C/CC/C(C)=C\CC/C(C)=C\CC/C(C)=C\CC/C(C)=C\CC/C(C)=C\CC/C(C)=C\CC/C(C)=C\CC/C(C)=C\COP(=O)([O-])OC1O[C@H](CO)[C@@H](O)[C@H](O)[C@@H]1O. The first-order valence-electron chi connectivity index (χ1n) is 26.8. The van der Waals surface area contributed by atoms with Crippen molar-refractivity contribution in [1.29, 1.82) is 0 Å². The van der Waals surface area contributed by atoms with Gasteiger partial charge in [0.05, 0.1) is 13.2 Å². The molecule has 0 amide bonds. The molecule has 1 saturated heterocycles. The first-order chi connectivity index (χ1) is 33.6. The van der Waals surface area contributed by atoms with Crippen molar-refractivity contribution in [2.24, 2.45) is 0 Å². The van der Waals surface area contributed by atoms with Crippen LogP contribution in [0.3, 0.4) is 0 Å². The Morgan fingerprint density at radius 2 is 0.676 bits per heavy atom. The van der Waals surface area contributed by atoms with Gasteiger partial charge in [0, 0.05) is 0 Å². The maximum absolute atomic E-state index is 12.3. The largest absolute Gasteiger partial charge is 0.756 e. The van der Waals surface area contributed by atoms with Crippen LogP contribution in [0.15, 0.2) is 128 Å². The van der Waals surface area contributed by atoms with E-state index in [1.807, 2.05) is 6.92 Å². The molecule has 1 fully saturated rings. The van der Waals surface area contributed by atoms with E-state index in [4.69, 9.17) is 13.8 Å². The van der Waals surface area contributed by atoms with Crippen LogP contribution < -0.4 is 4.89 Å². The number of rotatable bonds is 36. The molecule has 4 N–H and O–H groups in total. The third-order valence-corrected chi connectivity index (χ3v) is 14.1. The summed E-state index contributed by atoms with van der Waals surface area (Å²) in [5, 5.41) is 39.0. The molecule has 0 aromatic rings. The maximum Gasteiger partial charge on any atom is 0.270 e. The summed E-state index contributed by atoms with van der Waals surface area (Å²) in [6.07, 6.45) is 38.8. The van der Waals surface area contributed by atoms with E-state index in [1.54, 1.807) is 6.08 Å². The highest BCUT2D eigenvalue weighted by molar-refractivity contribution is 7.45. The van der Waals surface area contributed by atoms with Crippen molar-refractivity contribution in [3.05, 3.63) is 128 Å². The van der Waals surface area contributed by atoms with E-state index >= 15 is 0 Å². The third-order valence-electron chi connectivity index (χ3n) is 13.1. The van der Waals surface area contributed by atoms with Crippen LogP contribution in [0, 0.1) is 0 Å². The second-order valence-electron chi connectivity index (χ2n) is 20.7. The number of aliphatic hydroxyl groups excluding tert-OH is 4. The minimum atomic E-state index is -4.92. The molecule has 0 bridgehead atoms. The number of hydrogen-bond donors (Lipinski definition) is 4. The van der Waals surface area contributed by atoms with Crippen LogP contribution in [0.5, 0.6) is 0 Å². The second-order valence-corrected chi connectivity index (χ2v) is 22.1. The monoisotopic (exact) mass is 1010 g/mol. The molecule has 6 atom stereocenters. The molecular weight excluding hydrogens is 908 g/mol. The molecule has 404 valence electrons. The van der Waals surface area contributed by atoms with Crippen LogP contribution in [0.2, 0.25) is 0 Å². The van der Waals surface area contributed by atoms with Gasteiger partial charge in [-0.3, -0.25) is 9.09 Å². The molecule has 10 heteroatoms. The number of ether oxygens (including phenoxy) is 1. The summed E-state index contributed by atoms with van der Waals surface area (Å²) in [5.41, 5.74) is 15.6. The molecule has 0 aromatic carbocycles. The van der Waals surface area contributed by atoms with Crippen molar-refractivity contribution in [2.75, 3.05) is 13.2 Å². The molecular formula is C61H100O9P-. The fourth-order valence-corrected chi connectivity index (χ4v) is 8.86. The molecule has 1 aliphatic rings. The highest BCUT2D eigenvalue weighted by Crippen LogP contribution is 2.42. The highest BCUT2D eigenvalue weighted by atomic mass is 31.2. The number of phosphoric acid groups is 1. The van der Waals surface area contributed by atoms with Gasteiger partial charge in [-0.15, -0.1) is 0 Å². The van der Waals surface area contributed by atoms with E-state index in [1.165, 1.54) is 68.6 Å². The summed E-state index contributed by atoms with van der Waals surface area (Å²) in [6.45, 7) is 25.6. The molecule has 0 saturated carbocycles. The van der Waals surface area contributed by atoms with E-state index < -0.39 is 45.1 Å². The lowest BCUT2D eigenvalue weighted by molar-refractivity contribution is -0.304. The quantitative estimate of drug-likeness (QED) is 0.0355. The smallest absolute Gasteiger partial charge is 0.270 e. The fraction of sp³-hybridized carbons (Fsp3) is 0.639. The number of phosphoric ester groups is 1. The van der Waals surface area contributed by atoms with Gasteiger partial charge >= 0.3 is 0 Å². The van der Waals surface area contributed by atoms with E-state index in [0.29, 0.717) is 0 Å². The Bertz CT molecular complexity index is 1930. The zero-order chi connectivity index (χ0) is 53.2. The minimum Gasteiger partial charge on any atom is -0.756 e. The summed E-state index contributed by atoms with van der Waals surface area (Å²) >= 11 is 0. The van der Waals surface area contributed by atoms with Gasteiger partial charge in [-0.05, 0) is 212 Å². The third kappa shape index (κ3) is 34.2. The van der Waals surface area contributed by atoms with Gasteiger partial charge in [-0.25, -0.2) is 0 Å². The molecule has 1 aliphatic heterocycles. The Balaban J connectivity index is 2.26. The fourth-order valence-electron chi connectivity index (χ4n) is 8.11. The van der Waals surface area contributed by atoms with Gasteiger partial charge in [0.15, 0.2) is 6.29 Å². The lowest BCUT2D eigenvalue weighted by atomic mass is 10.00. The van der Waals surface area contributed by atoms with E-state index in [9.17, 15) is 29.9 Å². The van der Waals surface area contributed by atoms with Gasteiger partial charge in [0.2, 0.25) is 0 Å². The van der Waals surface area contributed by atoms with Crippen LogP contribution in [0.25, 0.3) is 0 Å². The molecule has 0 aromatic heterocycles. The van der Waals surface area contributed by atoms with E-state index in [2.05, 4.69) is 137 Å². The summed E-state index contributed by atoms with van der Waals surface area (Å²) in [6, 6.07) is 0. The van der Waals surface area contributed by atoms with Crippen LogP contribution in [-0.4, -0.2) is 64.3 Å². The Kier molecular flexibility index (Phi) is 35.9. The van der Waals surface area contributed by atoms with Crippen molar-refractivity contribution >= 4 is 7.82 Å². The Morgan fingerprint density at radius 1 is 0.423 bits per heavy atom. The molecule has 1 rings (SSSR count). The number of aliphatic hydroxyl groups is 4. The van der Waals surface area contributed by atoms with Crippen molar-refractivity contribution < 1.29 is 43.7 Å². The molecule has 1 heterocycles. The van der Waals surface area contributed by atoms with E-state index in [0.717, 1.165) is 121 Å². The first-order valence-corrected chi connectivity index (χ1v) is 28.2. The Labute approximate surface area is 433 Å². The summed E-state index contributed by atoms with van der Waals surface area (Å²) in [7, 11) is -4.92. The lowest BCUT2D eigenvalue weighted by Crippen LogP contribution is -2.59. The summed E-state index contributed by atoms with van der Waals surface area (Å²) < 4.78 is 27.0. The molecule has 2 unspecified atom stereocenters. The van der Waals surface area contributed by atoms with Crippen LogP contribution in [0.1, 0.15) is 212 Å². The van der Waals surface area contributed by atoms with Gasteiger partial charge in [-0.1, -0.05) is 128 Å². The van der Waals surface area contributed by atoms with Crippen LogP contribution in [-0.2, 0) is 18.3 Å². The number of hydrogen-bond acceptors (Lipinski definition) is 9. The summed E-state index contributed by atoms with van der Waals surface area (Å²) in [4.78, 5) is 12.3. The summed E-state index contributed by atoms with van der Waals surface area (Å²) in [5.74, 6) is 0. The van der Waals surface area contributed by atoms with Crippen molar-refractivity contribution in [3.8, 4) is 0 Å². The zero-order valence-corrected chi connectivity index (χ0v) is 47.5. The second kappa shape index (κ2) is 38.6. The maximum atomic E-state index is 12.3. The predicted molar refractivity (Wildman–Crippen MR) is 298 cm³/mol. The average Bonchev–Trinajstić information content (AvgIpc) is 3.29. The molecule has 0 radical (unpaired) electrons. The zero-order valence-electron chi connectivity index (χ0n) is 46.6. The Morgan fingerprint density at radius 3 is 0.930 bits per heavy atom. The molecule has 9 nitrogen and oxygen atoms in total. The van der Waals surface area contributed by atoms with Gasteiger partial charge < -0.3 is 34.6 Å². The standard InChI is InChI=1S/C61H101O9P/c1-46(2)23-13-24-47(3)25-14-26-48(4)27-15-28-49(5)29-16-30-50(6)31-17-32-51(7)33-18-34-52(8)35-19-36-53(9)37-20-38-54(10)39-21-40-55(11)41-22-42-56(12)43-44-68-71(66,67)70-61-60(65)59(64)58(63)57(45-62)69-61/h23,25,27,29,31,33,35,37,39,41,43,57-65H,13-22,24,26,28,30,32,34,36,38,40,42,44-45H2,1-12H3,(H,66,67)/p-1/b47-25+,48-27+,49-29-,50-31-,51-33-,52-35-,53-37-,54-39-,55-41-,56-43-/t57-,58-,59+,60+,61?/m1/s1. The topological polar surface area (TPSA) is 149 Å². The molecule has 0 spiro atoms.